The normalized spacial score (nSPS) is 15.0. The monoisotopic (exact) mass is 366 g/mol. The van der Waals surface area contributed by atoms with Crippen LogP contribution in [0.3, 0.4) is 0 Å². The highest BCUT2D eigenvalue weighted by atomic mass is 16.5. The van der Waals surface area contributed by atoms with E-state index in [-0.39, 0.29) is 5.91 Å². The van der Waals surface area contributed by atoms with Crippen LogP contribution in [0.1, 0.15) is 11.1 Å². The van der Waals surface area contributed by atoms with Gasteiger partial charge in [0.2, 0.25) is 5.91 Å². The molecule has 0 bridgehead atoms. The maximum atomic E-state index is 11.9. The summed E-state index contributed by atoms with van der Waals surface area (Å²) in [6.07, 6.45) is 3.38. The lowest BCUT2D eigenvalue weighted by atomic mass is 10.2. The molecule has 0 unspecified atom stereocenters. The van der Waals surface area contributed by atoms with E-state index in [9.17, 15) is 4.79 Å². The fourth-order valence-corrected chi connectivity index (χ4v) is 2.81. The van der Waals surface area contributed by atoms with Crippen molar-refractivity contribution in [3.8, 4) is 5.75 Å². The molecule has 1 N–H and O–H groups in total. The van der Waals surface area contributed by atoms with Crippen LogP contribution in [0.2, 0.25) is 0 Å². The number of amides is 1. The molecular weight excluding hydrogens is 340 g/mol. The molecule has 0 atom stereocenters. The van der Waals surface area contributed by atoms with Crippen molar-refractivity contribution in [3.63, 3.8) is 0 Å². The maximum absolute atomic E-state index is 11.9. The molecule has 1 aliphatic rings. The van der Waals surface area contributed by atoms with Crippen molar-refractivity contribution in [1.29, 1.82) is 0 Å². The van der Waals surface area contributed by atoms with E-state index in [2.05, 4.69) is 10.2 Å². The molecule has 2 aromatic carbocycles. The summed E-state index contributed by atoms with van der Waals surface area (Å²) in [6.45, 7) is 5.47. The topological polar surface area (TPSA) is 50.8 Å². The Labute approximate surface area is 160 Å². The van der Waals surface area contributed by atoms with Crippen LogP contribution in [0.25, 0.3) is 6.08 Å². The second kappa shape index (κ2) is 10.5. The molecule has 2 aromatic rings. The third-order valence-corrected chi connectivity index (χ3v) is 4.39. The van der Waals surface area contributed by atoms with Gasteiger partial charge in [0, 0.05) is 32.3 Å². The third-order valence-electron chi connectivity index (χ3n) is 4.39. The molecule has 1 aliphatic heterocycles. The summed E-state index contributed by atoms with van der Waals surface area (Å²) in [5.74, 6) is 0.735. The summed E-state index contributed by atoms with van der Waals surface area (Å²) in [5.41, 5.74) is 2.10. The number of nitrogens with zero attached hydrogens (tertiary/aromatic N) is 1. The van der Waals surface area contributed by atoms with E-state index in [4.69, 9.17) is 9.47 Å². The molecule has 5 nitrogen and oxygen atoms in total. The number of ether oxygens (including phenoxy) is 2. The van der Waals surface area contributed by atoms with Crippen LogP contribution >= 0.6 is 0 Å². The first kappa shape index (κ1) is 19.1. The van der Waals surface area contributed by atoms with E-state index < -0.39 is 0 Å². The molecule has 27 heavy (non-hydrogen) atoms. The Bertz CT molecular complexity index is 723. The van der Waals surface area contributed by atoms with E-state index in [0.29, 0.717) is 13.2 Å². The number of hydrogen-bond acceptors (Lipinski definition) is 4. The van der Waals surface area contributed by atoms with Crippen molar-refractivity contribution in [2.24, 2.45) is 0 Å². The minimum atomic E-state index is -0.0762. The molecule has 1 saturated heterocycles. The zero-order chi connectivity index (χ0) is 18.7. The van der Waals surface area contributed by atoms with Gasteiger partial charge in [0.05, 0.1) is 13.2 Å². The summed E-state index contributed by atoms with van der Waals surface area (Å²) in [5, 5.41) is 2.92. The number of morpholine rings is 1. The van der Waals surface area contributed by atoms with Crippen LogP contribution in [0.5, 0.6) is 5.75 Å². The summed E-state index contributed by atoms with van der Waals surface area (Å²) in [4.78, 5) is 14.2. The summed E-state index contributed by atoms with van der Waals surface area (Å²) in [6, 6.07) is 17.8. The third kappa shape index (κ3) is 6.89. The van der Waals surface area contributed by atoms with E-state index >= 15 is 0 Å². The van der Waals surface area contributed by atoms with Gasteiger partial charge in [-0.15, -0.1) is 0 Å². The first-order valence-corrected chi connectivity index (χ1v) is 9.32. The maximum Gasteiger partial charge on any atom is 0.244 e. The van der Waals surface area contributed by atoms with Crippen molar-refractivity contribution in [1.82, 2.24) is 10.2 Å². The Morgan fingerprint density at radius 3 is 2.56 bits per heavy atom. The molecule has 0 spiro atoms. The summed E-state index contributed by atoms with van der Waals surface area (Å²) >= 11 is 0. The van der Waals surface area contributed by atoms with Gasteiger partial charge in [0.15, 0.2) is 0 Å². The second-order valence-electron chi connectivity index (χ2n) is 6.42. The predicted molar refractivity (Wildman–Crippen MR) is 107 cm³/mol. The first-order chi connectivity index (χ1) is 13.3. The highest BCUT2D eigenvalue weighted by Gasteiger charge is 2.09. The largest absolute Gasteiger partial charge is 0.489 e. The first-order valence-electron chi connectivity index (χ1n) is 9.32. The number of carbonyl (C=O) groups is 1. The van der Waals surface area contributed by atoms with Crippen LogP contribution in [-0.4, -0.2) is 50.2 Å². The SMILES string of the molecule is O=C(/C=C/c1ccc(OCc2ccccc2)cc1)NCCN1CCOCC1. The average molecular weight is 366 g/mol. The van der Waals surface area contributed by atoms with Gasteiger partial charge in [0.25, 0.3) is 0 Å². The Kier molecular flexibility index (Phi) is 7.45. The smallest absolute Gasteiger partial charge is 0.244 e. The number of rotatable bonds is 8. The molecule has 142 valence electrons. The van der Waals surface area contributed by atoms with Crippen molar-refractivity contribution in [2.75, 3.05) is 39.4 Å². The molecule has 0 aliphatic carbocycles. The highest BCUT2D eigenvalue weighted by molar-refractivity contribution is 5.91. The molecule has 1 fully saturated rings. The molecule has 1 amide bonds. The Morgan fingerprint density at radius 2 is 1.81 bits per heavy atom. The zero-order valence-corrected chi connectivity index (χ0v) is 15.5. The lowest BCUT2D eigenvalue weighted by molar-refractivity contribution is -0.116. The van der Waals surface area contributed by atoms with E-state index in [1.807, 2.05) is 60.7 Å². The number of hydrogen-bond donors (Lipinski definition) is 1. The Hall–Kier alpha value is -2.63. The zero-order valence-electron chi connectivity index (χ0n) is 15.5. The summed E-state index contributed by atoms with van der Waals surface area (Å²) in [7, 11) is 0. The van der Waals surface area contributed by atoms with Gasteiger partial charge in [-0.3, -0.25) is 9.69 Å². The Morgan fingerprint density at radius 1 is 1.07 bits per heavy atom. The van der Waals surface area contributed by atoms with Gasteiger partial charge in [-0.05, 0) is 29.3 Å². The van der Waals surface area contributed by atoms with E-state index in [1.54, 1.807) is 6.08 Å². The van der Waals surface area contributed by atoms with Crippen LogP contribution in [0.4, 0.5) is 0 Å². The summed E-state index contributed by atoms with van der Waals surface area (Å²) < 4.78 is 11.1. The van der Waals surface area contributed by atoms with Gasteiger partial charge >= 0.3 is 0 Å². The van der Waals surface area contributed by atoms with Gasteiger partial charge < -0.3 is 14.8 Å². The number of benzene rings is 2. The van der Waals surface area contributed by atoms with Crippen LogP contribution in [0.15, 0.2) is 60.7 Å². The number of carbonyl (C=O) groups excluding carboxylic acids is 1. The lowest BCUT2D eigenvalue weighted by Crippen LogP contribution is -2.41. The van der Waals surface area contributed by atoms with E-state index in [0.717, 1.165) is 49.7 Å². The standard InChI is InChI=1S/C22H26N2O3/c25-22(23-12-13-24-14-16-26-17-15-24)11-8-19-6-9-21(10-7-19)27-18-20-4-2-1-3-5-20/h1-11H,12-18H2,(H,23,25)/b11-8+. The fourth-order valence-electron chi connectivity index (χ4n) is 2.81. The molecule has 5 heteroatoms. The van der Waals surface area contributed by atoms with Crippen LogP contribution in [0, 0.1) is 0 Å². The average Bonchev–Trinajstić information content (AvgIpc) is 2.73. The predicted octanol–water partition coefficient (Wildman–Crippen LogP) is 2.73. The van der Waals surface area contributed by atoms with Crippen LogP contribution < -0.4 is 10.1 Å². The fraction of sp³-hybridized carbons (Fsp3) is 0.318. The van der Waals surface area contributed by atoms with Crippen molar-refractivity contribution < 1.29 is 14.3 Å². The van der Waals surface area contributed by atoms with Gasteiger partial charge in [-0.25, -0.2) is 0 Å². The van der Waals surface area contributed by atoms with Crippen LogP contribution in [-0.2, 0) is 16.1 Å². The molecule has 1 heterocycles. The molecular formula is C22H26N2O3. The molecule has 3 rings (SSSR count). The van der Waals surface area contributed by atoms with Gasteiger partial charge in [-0.1, -0.05) is 42.5 Å². The molecule has 0 saturated carbocycles. The number of nitrogens with one attached hydrogen (secondary N) is 1. The minimum absolute atomic E-state index is 0.0762. The Balaban J connectivity index is 1.38. The molecule has 0 radical (unpaired) electrons. The van der Waals surface area contributed by atoms with Gasteiger partial charge in [0.1, 0.15) is 12.4 Å². The van der Waals surface area contributed by atoms with Crippen molar-refractivity contribution in [2.45, 2.75) is 6.61 Å². The minimum Gasteiger partial charge on any atom is -0.489 e. The molecule has 0 aromatic heterocycles. The highest BCUT2D eigenvalue weighted by Crippen LogP contribution is 2.15. The van der Waals surface area contributed by atoms with Crippen molar-refractivity contribution >= 4 is 12.0 Å². The van der Waals surface area contributed by atoms with Gasteiger partial charge in [-0.2, -0.15) is 0 Å². The van der Waals surface area contributed by atoms with Crippen molar-refractivity contribution in [3.05, 3.63) is 71.8 Å². The quantitative estimate of drug-likeness (QED) is 0.730. The van der Waals surface area contributed by atoms with E-state index in [1.165, 1.54) is 0 Å². The lowest BCUT2D eigenvalue weighted by Gasteiger charge is -2.26. The second-order valence-corrected chi connectivity index (χ2v) is 6.42.